The first kappa shape index (κ1) is 20.2. The van der Waals surface area contributed by atoms with Crippen LogP contribution in [-0.4, -0.2) is 34.8 Å². The van der Waals surface area contributed by atoms with Crippen LogP contribution in [0, 0.1) is 0 Å². The second kappa shape index (κ2) is 7.61. The van der Waals surface area contributed by atoms with Crippen molar-refractivity contribution in [2.45, 2.75) is 31.5 Å². The molecule has 7 heteroatoms. The molecular formula is C23H22ClN3O3. The van der Waals surface area contributed by atoms with Crippen molar-refractivity contribution in [1.82, 2.24) is 10.2 Å². The molecule has 2 atom stereocenters. The number of hydrogen-bond acceptors (Lipinski definition) is 3. The Hall–Kier alpha value is -3.12. The van der Waals surface area contributed by atoms with Crippen LogP contribution in [-0.2, 0) is 9.59 Å². The lowest BCUT2D eigenvalue weighted by molar-refractivity contribution is -0.134. The van der Waals surface area contributed by atoms with E-state index < -0.39 is 11.6 Å². The highest BCUT2D eigenvalue weighted by Crippen LogP contribution is 2.44. The van der Waals surface area contributed by atoms with Crippen molar-refractivity contribution in [3.05, 3.63) is 77.3 Å². The first-order valence-electron chi connectivity index (χ1n) is 9.81. The number of rotatable bonds is 5. The molecule has 0 aromatic heterocycles. The molecule has 30 heavy (non-hydrogen) atoms. The van der Waals surface area contributed by atoms with Crippen molar-refractivity contribution in [2.75, 3.05) is 11.4 Å². The van der Waals surface area contributed by atoms with Gasteiger partial charge in [0.1, 0.15) is 0 Å². The molecule has 2 heterocycles. The van der Waals surface area contributed by atoms with Gasteiger partial charge in [-0.1, -0.05) is 41.9 Å². The van der Waals surface area contributed by atoms with Gasteiger partial charge in [0.2, 0.25) is 11.6 Å². The molecule has 1 N–H and O–H groups in total. The van der Waals surface area contributed by atoms with Crippen molar-refractivity contribution in [1.29, 1.82) is 0 Å². The van der Waals surface area contributed by atoms with Crippen LogP contribution in [0.3, 0.4) is 0 Å². The molecule has 4 rings (SSSR count). The summed E-state index contributed by atoms with van der Waals surface area (Å²) >= 11 is 6.09. The Balaban J connectivity index is 1.78. The lowest BCUT2D eigenvalue weighted by Gasteiger charge is -2.49. The van der Waals surface area contributed by atoms with Gasteiger partial charge in [0, 0.05) is 24.4 Å². The van der Waals surface area contributed by atoms with Gasteiger partial charge in [-0.3, -0.25) is 19.3 Å². The highest BCUT2D eigenvalue weighted by atomic mass is 35.5. The van der Waals surface area contributed by atoms with Crippen LogP contribution in [0.4, 0.5) is 5.69 Å². The zero-order chi connectivity index (χ0) is 21.5. The van der Waals surface area contributed by atoms with Crippen molar-refractivity contribution in [3.8, 4) is 0 Å². The molecule has 154 valence electrons. The Morgan fingerprint density at radius 1 is 1.27 bits per heavy atom. The van der Waals surface area contributed by atoms with E-state index in [0.717, 1.165) is 5.56 Å². The number of carbonyl (C=O) groups is 3. The standard InChI is InChI=1S/C23H22ClN3O3/c1-3-13-26-21(29)18-9-4-5-10-19(18)27-20(28)11-12-23(26,27)22(30)25-15(2)16-7-6-8-17(24)14-16/h3-10,14-15H,1,11-13H2,2H3,(H,25,30)/t15-,23-/m0/s1. The minimum Gasteiger partial charge on any atom is -0.346 e. The van der Waals surface area contributed by atoms with Gasteiger partial charge < -0.3 is 10.2 Å². The largest absolute Gasteiger partial charge is 0.346 e. The fraction of sp³-hybridized carbons (Fsp3) is 0.261. The summed E-state index contributed by atoms with van der Waals surface area (Å²) in [6.45, 7) is 5.74. The summed E-state index contributed by atoms with van der Waals surface area (Å²) in [7, 11) is 0. The minimum absolute atomic E-state index is 0.149. The van der Waals surface area contributed by atoms with E-state index in [9.17, 15) is 14.4 Å². The molecule has 6 nitrogen and oxygen atoms in total. The monoisotopic (exact) mass is 423 g/mol. The van der Waals surface area contributed by atoms with E-state index in [2.05, 4.69) is 11.9 Å². The van der Waals surface area contributed by atoms with Crippen molar-refractivity contribution in [3.63, 3.8) is 0 Å². The number of benzene rings is 2. The third kappa shape index (κ3) is 2.99. The average Bonchev–Trinajstić information content (AvgIpc) is 3.09. The Labute approximate surface area is 180 Å². The lowest BCUT2D eigenvalue weighted by Crippen LogP contribution is -2.70. The van der Waals surface area contributed by atoms with Crippen molar-refractivity contribution < 1.29 is 14.4 Å². The van der Waals surface area contributed by atoms with Gasteiger partial charge in [-0.15, -0.1) is 6.58 Å². The molecule has 2 aromatic carbocycles. The van der Waals surface area contributed by atoms with E-state index in [-0.39, 0.29) is 37.2 Å². The molecule has 1 saturated heterocycles. The van der Waals surface area contributed by atoms with Gasteiger partial charge in [-0.2, -0.15) is 0 Å². The first-order valence-corrected chi connectivity index (χ1v) is 10.2. The number of anilines is 1. The van der Waals surface area contributed by atoms with E-state index in [1.165, 1.54) is 9.80 Å². The van der Waals surface area contributed by atoms with Crippen molar-refractivity contribution in [2.24, 2.45) is 0 Å². The molecule has 0 spiro atoms. The predicted octanol–water partition coefficient (Wildman–Crippen LogP) is 3.68. The van der Waals surface area contributed by atoms with Crippen LogP contribution < -0.4 is 10.2 Å². The topological polar surface area (TPSA) is 69.7 Å². The number of hydrogen-bond donors (Lipinski definition) is 1. The fourth-order valence-corrected chi connectivity index (χ4v) is 4.53. The smallest absolute Gasteiger partial charge is 0.267 e. The van der Waals surface area contributed by atoms with Crippen LogP contribution in [0.1, 0.15) is 41.7 Å². The van der Waals surface area contributed by atoms with Gasteiger partial charge in [0.25, 0.3) is 11.8 Å². The van der Waals surface area contributed by atoms with Gasteiger partial charge in [0.15, 0.2) is 0 Å². The van der Waals surface area contributed by atoms with Crippen LogP contribution >= 0.6 is 11.6 Å². The van der Waals surface area contributed by atoms with Gasteiger partial charge in [-0.25, -0.2) is 0 Å². The molecule has 2 aliphatic heterocycles. The maximum atomic E-state index is 13.7. The quantitative estimate of drug-likeness (QED) is 0.746. The van der Waals surface area contributed by atoms with E-state index in [4.69, 9.17) is 11.6 Å². The Morgan fingerprint density at radius 2 is 2.03 bits per heavy atom. The van der Waals surface area contributed by atoms with E-state index in [1.807, 2.05) is 19.1 Å². The predicted molar refractivity (Wildman–Crippen MR) is 115 cm³/mol. The number of halogens is 1. The Kier molecular flexibility index (Phi) is 5.12. The van der Waals surface area contributed by atoms with Crippen molar-refractivity contribution >= 4 is 35.0 Å². The Bertz CT molecular complexity index is 1050. The van der Waals surface area contributed by atoms with Crippen LogP contribution in [0.5, 0.6) is 0 Å². The molecule has 3 amide bonds. The van der Waals surface area contributed by atoms with Crippen LogP contribution in [0.2, 0.25) is 5.02 Å². The summed E-state index contributed by atoms with van der Waals surface area (Å²) in [6, 6.07) is 13.8. The maximum Gasteiger partial charge on any atom is 0.267 e. The summed E-state index contributed by atoms with van der Waals surface area (Å²) in [4.78, 5) is 42.8. The SMILES string of the molecule is C=CCN1C(=O)c2ccccc2N2C(=O)CC[C@]12C(=O)N[C@@H](C)c1cccc(Cl)c1. The van der Waals surface area contributed by atoms with Crippen LogP contribution in [0.15, 0.2) is 61.2 Å². The third-order valence-corrected chi connectivity index (χ3v) is 5.98. The molecule has 0 aliphatic carbocycles. The summed E-state index contributed by atoms with van der Waals surface area (Å²) < 4.78 is 0. The first-order chi connectivity index (χ1) is 14.4. The molecule has 0 unspecified atom stereocenters. The second-order valence-corrected chi connectivity index (χ2v) is 7.95. The summed E-state index contributed by atoms with van der Waals surface area (Å²) in [5, 5.41) is 3.56. The van der Waals surface area contributed by atoms with Gasteiger partial charge >= 0.3 is 0 Å². The zero-order valence-corrected chi connectivity index (χ0v) is 17.4. The zero-order valence-electron chi connectivity index (χ0n) is 16.6. The van der Waals surface area contributed by atoms with E-state index >= 15 is 0 Å². The van der Waals surface area contributed by atoms with Gasteiger partial charge in [-0.05, 0) is 36.8 Å². The summed E-state index contributed by atoms with van der Waals surface area (Å²) in [5.74, 6) is -0.873. The highest BCUT2D eigenvalue weighted by molar-refractivity contribution is 6.30. The molecular weight excluding hydrogens is 402 g/mol. The minimum atomic E-state index is -1.43. The molecule has 2 aliphatic rings. The number of nitrogens with zero attached hydrogens (tertiary/aromatic N) is 2. The molecule has 2 aromatic rings. The summed E-state index contributed by atoms with van der Waals surface area (Å²) in [6.07, 6.45) is 1.96. The van der Waals surface area contributed by atoms with Crippen LogP contribution in [0.25, 0.3) is 0 Å². The molecule has 0 bridgehead atoms. The molecule has 0 radical (unpaired) electrons. The number of carbonyl (C=O) groups excluding carboxylic acids is 3. The normalized spacial score (nSPS) is 21.1. The second-order valence-electron chi connectivity index (χ2n) is 7.52. The average molecular weight is 424 g/mol. The Morgan fingerprint density at radius 3 is 2.77 bits per heavy atom. The number of amides is 3. The maximum absolute atomic E-state index is 13.7. The summed E-state index contributed by atoms with van der Waals surface area (Å²) in [5.41, 5.74) is 0.279. The molecule has 1 fully saturated rings. The van der Waals surface area contributed by atoms with Gasteiger partial charge in [0.05, 0.1) is 17.3 Å². The number of nitrogens with one attached hydrogen (secondary N) is 1. The van der Waals surface area contributed by atoms with E-state index in [0.29, 0.717) is 16.3 Å². The molecule has 0 saturated carbocycles. The number of para-hydroxylation sites is 1. The van der Waals surface area contributed by atoms with E-state index in [1.54, 1.807) is 42.5 Å². The number of fused-ring (bicyclic) bond motifs is 3. The fourth-order valence-electron chi connectivity index (χ4n) is 4.34. The lowest BCUT2D eigenvalue weighted by atomic mass is 9.95. The third-order valence-electron chi connectivity index (χ3n) is 5.75. The highest BCUT2D eigenvalue weighted by Gasteiger charge is 2.60.